The Balaban J connectivity index is 1.85. The zero-order valence-electron chi connectivity index (χ0n) is 13.3. The Kier molecular flexibility index (Phi) is 5.62. The lowest BCUT2D eigenvalue weighted by molar-refractivity contribution is -0.121. The van der Waals surface area contributed by atoms with E-state index >= 15 is 0 Å². The Hall–Kier alpha value is -1.55. The van der Waals surface area contributed by atoms with Gasteiger partial charge in [-0.05, 0) is 49.9 Å². The highest BCUT2D eigenvalue weighted by Crippen LogP contribution is 2.25. The van der Waals surface area contributed by atoms with Crippen LogP contribution in [0.3, 0.4) is 0 Å². The van der Waals surface area contributed by atoms with Crippen LogP contribution in [0.15, 0.2) is 12.1 Å². The molecule has 0 bridgehead atoms. The van der Waals surface area contributed by atoms with Crippen LogP contribution in [0.2, 0.25) is 0 Å². The van der Waals surface area contributed by atoms with Crippen molar-refractivity contribution < 1.29 is 9.53 Å². The van der Waals surface area contributed by atoms with E-state index in [4.69, 9.17) is 4.74 Å². The first kappa shape index (κ1) is 15.8. The van der Waals surface area contributed by atoms with Gasteiger partial charge < -0.3 is 15.4 Å². The normalized spacial score (nSPS) is 14.0. The zero-order chi connectivity index (χ0) is 15.2. The van der Waals surface area contributed by atoms with Gasteiger partial charge >= 0.3 is 0 Å². The van der Waals surface area contributed by atoms with E-state index in [1.165, 1.54) is 5.56 Å². The van der Waals surface area contributed by atoms with Crippen molar-refractivity contribution in [3.8, 4) is 5.75 Å². The lowest BCUT2D eigenvalue weighted by Crippen LogP contribution is -2.26. The number of hydrogen-bond donors (Lipinski definition) is 2. The molecule has 1 amide bonds. The average molecular weight is 290 g/mol. The van der Waals surface area contributed by atoms with Gasteiger partial charge in [-0.3, -0.25) is 4.79 Å². The summed E-state index contributed by atoms with van der Waals surface area (Å²) in [6.07, 6.45) is 2.67. The van der Waals surface area contributed by atoms with Gasteiger partial charge in [0.1, 0.15) is 5.75 Å². The Morgan fingerprint density at radius 3 is 2.52 bits per heavy atom. The fraction of sp³-hybridized carbons (Fsp3) is 0.588. The largest absolute Gasteiger partial charge is 0.493 e. The average Bonchev–Trinajstić information content (AvgIpc) is 3.23. The fourth-order valence-corrected chi connectivity index (χ4v) is 2.41. The van der Waals surface area contributed by atoms with E-state index < -0.39 is 0 Å². The summed E-state index contributed by atoms with van der Waals surface area (Å²) in [6, 6.07) is 4.72. The van der Waals surface area contributed by atoms with Crippen LogP contribution in [0.25, 0.3) is 0 Å². The second kappa shape index (κ2) is 7.46. The van der Waals surface area contributed by atoms with Crippen molar-refractivity contribution in [3.05, 3.63) is 28.8 Å². The van der Waals surface area contributed by atoms with Crippen LogP contribution in [0.1, 0.15) is 42.9 Å². The second-order valence-corrected chi connectivity index (χ2v) is 5.78. The number of aryl methyl sites for hydroxylation is 2. The number of rotatable bonds is 8. The molecule has 1 aliphatic rings. The van der Waals surface area contributed by atoms with Gasteiger partial charge in [0.25, 0.3) is 0 Å². The van der Waals surface area contributed by atoms with Gasteiger partial charge in [0.05, 0.1) is 13.0 Å². The minimum Gasteiger partial charge on any atom is -0.493 e. The number of benzene rings is 1. The van der Waals surface area contributed by atoms with Crippen LogP contribution < -0.4 is 15.4 Å². The lowest BCUT2D eigenvalue weighted by Gasteiger charge is -2.14. The molecule has 2 N–H and O–H groups in total. The van der Waals surface area contributed by atoms with Crippen molar-refractivity contribution in [1.82, 2.24) is 10.6 Å². The fourth-order valence-electron chi connectivity index (χ4n) is 2.41. The summed E-state index contributed by atoms with van der Waals surface area (Å²) < 4.78 is 5.82. The quantitative estimate of drug-likeness (QED) is 0.773. The third kappa shape index (κ3) is 5.05. The van der Waals surface area contributed by atoms with Gasteiger partial charge in [0.2, 0.25) is 5.91 Å². The molecular formula is C17H26N2O2. The number of amides is 1. The number of nitrogens with one attached hydrogen (secondary N) is 2. The highest BCUT2D eigenvalue weighted by molar-refractivity contribution is 5.76. The van der Waals surface area contributed by atoms with Crippen molar-refractivity contribution in [2.45, 2.75) is 52.6 Å². The number of carbonyl (C=O) groups is 1. The van der Waals surface area contributed by atoms with E-state index in [-0.39, 0.29) is 5.91 Å². The smallest absolute Gasteiger partial charge is 0.223 e. The summed E-state index contributed by atoms with van der Waals surface area (Å²) in [5.41, 5.74) is 3.53. The summed E-state index contributed by atoms with van der Waals surface area (Å²) in [4.78, 5) is 11.6. The van der Waals surface area contributed by atoms with E-state index in [1.54, 1.807) is 0 Å². The maximum atomic E-state index is 11.6. The van der Waals surface area contributed by atoms with E-state index in [1.807, 2.05) is 0 Å². The third-order valence-electron chi connectivity index (χ3n) is 3.62. The summed E-state index contributed by atoms with van der Waals surface area (Å²) in [5, 5.41) is 6.30. The number of ether oxygens (including phenoxy) is 1. The molecule has 116 valence electrons. The first-order chi connectivity index (χ1) is 10.1. The van der Waals surface area contributed by atoms with E-state index in [2.05, 4.69) is 43.5 Å². The van der Waals surface area contributed by atoms with Crippen LogP contribution in [0.5, 0.6) is 5.75 Å². The summed E-state index contributed by atoms with van der Waals surface area (Å²) in [6.45, 7) is 8.50. The second-order valence-electron chi connectivity index (χ2n) is 5.78. The molecule has 0 unspecified atom stereocenters. The minimum absolute atomic E-state index is 0.0940. The lowest BCUT2D eigenvalue weighted by atomic mass is 10.1. The molecule has 0 heterocycles. The van der Waals surface area contributed by atoms with Gasteiger partial charge in [0.15, 0.2) is 0 Å². The van der Waals surface area contributed by atoms with Gasteiger partial charge in [-0.1, -0.05) is 19.1 Å². The summed E-state index contributed by atoms with van der Waals surface area (Å²) in [7, 11) is 0. The molecule has 1 aromatic carbocycles. The zero-order valence-corrected chi connectivity index (χ0v) is 13.3. The predicted molar refractivity (Wildman–Crippen MR) is 84.6 cm³/mol. The molecule has 0 atom stereocenters. The van der Waals surface area contributed by atoms with Crippen molar-refractivity contribution in [2.75, 3.05) is 13.2 Å². The van der Waals surface area contributed by atoms with E-state index in [0.717, 1.165) is 42.8 Å². The first-order valence-electron chi connectivity index (χ1n) is 7.83. The van der Waals surface area contributed by atoms with Crippen LogP contribution in [0.4, 0.5) is 0 Å². The molecule has 1 aromatic rings. The van der Waals surface area contributed by atoms with Crippen LogP contribution in [-0.4, -0.2) is 25.1 Å². The van der Waals surface area contributed by atoms with Crippen LogP contribution in [-0.2, 0) is 11.3 Å². The molecule has 0 radical (unpaired) electrons. The summed E-state index contributed by atoms with van der Waals surface area (Å²) in [5.74, 6) is 1.01. The molecule has 0 aromatic heterocycles. The monoisotopic (exact) mass is 290 g/mol. The summed E-state index contributed by atoms with van der Waals surface area (Å²) >= 11 is 0. The number of hydrogen-bond acceptors (Lipinski definition) is 3. The maximum Gasteiger partial charge on any atom is 0.223 e. The number of carbonyl (C=O) groups excluding carboxylic acids is 1. The predicted octanol–water partition coefficient (Wildman–Crippen LogP) is 2.46. The van der Waals surface area contributed by atoms with Gasteiger partial charge in [0, 0.05) is 12.6 Å². The highest BCUT2D eigenvalue weighted by atomic mass is 16.5. The van der Waals surface area contributed by atoms with Gasteiger partial charge in [-0.2, -0.15) is 0 Å². The minimum atomic E-state index is 0.0940. The molecule has 0 spiro atoms. The van der Waals surface area contributed by atoms with Crippen molar-refractivity contribution in [1.29, 1.82) is 0 Å². The third-order valence-corrected chi connectivity index (χ3v) is 3.62. The molecule has 0 aliphatic heterocycles. The SMILES string of the molecule is CCNCc1cc(C)c(OCCC(=O)NC2CC2)c(C)c1. The van der Waals surface area contributed by atoms with Gasteiger partial charge in [-0.15, -0.1) is 0 Å². The molecule has 1 aliphatic carbocycles. The molecule has 21 heavy (non-hydrogen) atoms. The van der Waals surface area contributed by atoms with Crippen molar-refractivity contribution in [2.24, 2.45) is 0 Å². The van der Waals surface area contributed by atoms with Crippen molar-refractivity contribution >= 4 is 5.91 Å². The Morgan fingerprint density at radius 1 is 1.29 bits per heavy atom. The Bertz CT molecular complexity index is 473. The molecular weight excluding hydrogens is 264 g/mol. The Morgan fingerprint density at radius 2 is 1.95 bits per heavy atom. The van der Waals surface area contributed by atoms with Crippen LogP contribution in [0, 0.1) is 13.8 Å². The molecule has 0 saturated heterocycles. The molecule has 1 saturated carbocycles. The molecule has 4 nitrogen and oxygen atoms in total. The standard InChI is InChI=1S/C17H26N2O2/c1-4-18-11-14-9-12(2)17(13(3)10-14)21-8-7-16(20)19-15-5-6-15/h9-10,15,18H,4-8,11H2,1-3H3,(H,19,20). The molecule has 4 heteroatoms. The topological polar surface area (TPSA) is 50.4 Å². The van der Waals surface area contributed by atoms with E-state index in [9.17, 15) is 4.79 Å². The highest BCUT2D eigenvalue weighted by Gasteiger charge is 2.22. The van der Waals surface area contributed by atoms with Crippen LogP contribution >= 0.6 is 0 Å². The molecule has 1 fully saturated rings. The van der Waals surface area contributed by atoms with Crippen molar-refractivity contribution in [3.63, 3.8) is 0 Å². The maximum absolute atomic E-state index is 11.6. The Labute approximate surface area is 127 Å². The molecule has 2 rings (SSSR count). The van der Waals surface area contributed by atoms with Gasteiger partial charge in [-0.25, -0.2) is 0 Å². The first-order valence-corrected chi connectivity index (χ1v) is 7.83. The van der Waals surface area contributed by atoms with E-state index in [0.29, 0.717) is 19.1 Å².